The lowest BCUT2D eigenvalue weighted by atomic mass is 10.2. The zero-order valence-corrected chi connectivity index (χ0v) is 14.9. The molecule has 3 nitrogen and oxygen atoms in total. The first-order valence-electron chi connectivity index (χ1n) is 7.99. The molecule has 0 heterocycles. The van der Waals surface area contributed by atoms with Crippen molar-refractivity contribution < 1.29 is 9.53 Å². The first-order chi connectivity index (χ1) is 11.2. The summed E-state index contributed by atoms with van der Waals surface area (Å²) in [5, 5.41) is 2.89. The minimum absolute atomic E-state index is 0.133. The molecule has 0 saturated heterocycles. The van der Waals surface area contributed by atoms with Gasteiger partial charge in [0.15, 0.2) is 0 Å². The van der Waals surface area contributed by atoms with Crippen LogP contribution < -0.4 is 10.1 Å². The van der Waals surface area contributed by atoms with Crippen LogP contribution in [0.1, 0.15) is 43.0 Å². The molecular formula is C19H22BrNO2. The van der Waals surface area contributed by atoms with E-state index >= 15 is 0 Å². The zero-order chi connectivity index (χ0) is 16.5. The molecule has 0 aliphatic rings. The van der Waals surface area contributed by atoms with Crippen molar-refractivity contribution in [1.82, 2.24) is 0 Å². The molecule has 0 radical (unpaired) electrons. The molecule has 0 unspecified atom stereocenters. The van der Waals surface area contributed by atoms with E-state index in [1.807, 2.05) is 36.4 Å². The summed E-state index contributed by atoms with van der Waals surface area (Å²) in [6, 6.07) is 14.8. The van der Waals surface area contributed by atoms with Crippen molar-refractivity contribution in [2.75, 3.05) is 11.9 Å². The van der Waals surface area contributed by atoms with Gasteiger partial charge in [-0.05, 0) is 58.7 Å². The lowest BCUT2D eigenvalue weighted by Gasteiger charge is -2.09. The number of anilines is 1. The molecule has 2 rings (SSSR count). The largest absolute Gasteiger partial charge is 0.494 e. The Kier molecular flexibility index (Phi) is 7.14. The van der Waals surface area contributed by atoms with Crippen LogP contribution in [0.15, 0.2) is 53.0 Å². The van der Waals surface area contributed by atoms with Crippen LogP contribution in [0.4, 0.5) is 5.69 Å². The van der Waals surface area contributed by atoms with E-state index in [-0.39, 0.29) is 5.91 Å². The Morgan fingerprint density at radius 2 is 1.78 bits per heavy atom. The van der Waals surface area contributed by atoms with E-state index in [4.69, 9.17) is 4.74 Å². The van der Waals surface area contributed by atoms with Crippen molar-refractivity contribution in [3.8, 4) is 5.75 Å². The Labute approximate surface area is 146 Å². The van der Waals surface area contributed by atoms with Gasteiger partial charge >= 0.3 is 0 Å². The number of hydrogen-bond donors (Lipinski definition) is 1. The van der Waals surface area contributed by atoms with Gasteiger partial charge in [-0.15, -0.1) is 0 Å². The number of hydrogen-bond acceptors (Lipinski definition) is 2. The number of ether oxygens (including phenoxy) is 1. The van der Waals surface area contributed by atoms with Crippen molar-refractivity contribution in [3.63, 3.8) is 0 Å². The van der Waals surface area contributed by atoms with Crippen LogP contribution in [0.3, 0.4) is 0 Å². The number of halogens is 1. The lowest BCUT2D eigenvalue weighted by Crippen LogP contribution is -2.12. The van der Waals surface area contributed by atoms with Gasteiger partial charge < -0.3 is 10.1 Å². The summed E-state index contributed by atoms with van der Waals surface area (Å²) in [6.07, 6.45) is 4.74. The van der Waals surface area contributed by atoms with Gasteiger partial charge in [0.25, 0.3) is 5.91 Å². The molecule has 0 aliphatic carbocycles. The molecule has 1 N–H and O–H groups in total. The molecule has 0 spiro atoms. The first kappa shape index (κ1) is 17.5. The monoisotopic (exact) mass is 375 g/mol. The lowest BCUT2D eigenvalue weighted by molar-refractivity contribution is 0.102. The van der Waals surface area contributed by atoms with Crippen LogP contribution >= 0.6 is 15.9 Å². The highest BCUT2D eigenvalue weighted by Crippen LogP contribution is 2.22. The number of nitrogens with one attached hydrogen (secondary N) is 1. The quantitative estimate of drug-likeness (QED) is 0.604. The first-order valence-corrected chi connectivity index (χ1v) is 8.78. The van der Waals surface area contributed by atoms with Gasteiger partial charge in [0.2, 0.25) is 0 Å². The molecule has 0 bridgehead atoms. The fourth-order valence-corrected chi connectivity index (χ4v) is 2.56. The van der Waals surface area contributed by atoms with Crippen LogP contribution in [-0.4, -0.2) is 12.5 Å². The van der Waals surface area contributed by atoms with Crippen LogP contribution in [0.25, 0.3) is 0 Å². The summed E-state index contributed by atoms with van der Waals surface area (Å²) in [7, 11) is 0. The van der Waals surface area contributed by atoms with Crippen molar-refractivity contribution in [3.05, 3.63) is 58.6 Å². The summed E-state index contributed by atoms with van der Waals surface area (Å²) in [6.45, 7) is 2.92. The van der Waals surface area contributed by atoms with Gasteiger partial charge in [0.05, 0.1) is 12.3 Å². The fraction of sp³-hybridized carbons (Fsp3) is 0.316. The van der Waals surface area contributed by atoms with Gasteiger partial charge in [-0.2, -0.15) is 0 Å². The van der Waals surface area contributed by atoms with Gasteiger partial charge in [-0.25, -0.2) is 0 Å². The standard InChI is InChI=1S/C19H22BrNO2/c1-2-3-4-7-14-23-16-12-10-15(11-13-16)19(22)21-18-9-6-5-8-17(18)20/h5-6,8-13H,2-4,7,14H2,1H3,(H,21,22). The molecular weight excluding hydrogens is 354 g/mol. The van der Waals surface area contributed by atoms with Crippen molar-refractivity contribution in [1.29, 1.82) is 0 Å². The average Bonchev–Trinajstić information content (AvgIpc) is 2.57. The maximum absolute atomic E-state index is 12.2. The predicted octanol–water partition coefficient (Wildman–Crippen LogP) is 5.66. The van der Waals surface area contributed by atoms with Crippen LogP contribution in [0.5, 0.6) is 5.75 Å². The third kappa shape index (κ3) is 5.71. The molecule has 4 heteroatoms. The third-order valence-corrected chi connectivity index (χ3v) is 4.20. The van der Waals surface area contributed by atoms with E-state index in [1.165, 1.54) is 19.3 Å². The summed E-state index contributed by atoms with van der Waals surface area (Å²) in [4.78, 5) is 12.2. The summed E-state index contributed by atoms with van der Waals surface area (Å²) < 4.78 is 6.55. The molecule has 2 aromatic rings. The molecule has 0 atom stereocenters. The topological polar surface area (TPSA) is 38.3 Å². The Hall–Kier alpha value is -1.81. The van der Waals surface area contributed by atoms with Crippen LogP contribution in [0, 0.1) is 0 Å². The molecule has 0 fully saturated rings. The summed E-state index contributed by atoms with van der Waals surface area (Å²) >= 11 is 3.42. The molecule has 0 aromatic heterocycles. The average molecular weight is 376 g/mol. The highest BCUT2D eigenvalue weighted by atomic mass is 79.9. The van der Waals surface area contributed by atoms with E-state index in [9.17, 15) is 4.79 Å². The number of amides is 1. The summed E-state index contributed by atoms with van der Waals surface area (Å²) in [5.41, 5.74) is 1.37. The minimum Gasteiger partial charge on any atom is -0.494 e. The van der Waals surface area contributed by atoms with E-state index in [0.29, 0.717) is 5.56 Å². The third-order valence-electron chi connectivity index (χ3n) is 3.51. The molecule has 0 saturated carbocycles. The number of benzene rings is 2. The van der Waals surface area contributed by atoms with E-state index in [1.54, 1.807) is 12.1 Å². The zero-order valence-electron chi connectivity index (χ0n) is 13.3. The molecule has 1 amide bonds. The fourth-order valence-electron chi connectivity index (χ4n) is 2.18. The molecule has 122 valence electrons. The van der Waals surface area contributed by atoms with E-state index < -0.39 is 0 Å². The predicted molar refractivity (Wildman–Crippen MR) is 98.2 cm³/mol. The number of carbonyl (C=O) groups is 1. The minimum atomic E-state index is -0.133. The Bertz CT molecular complexity index is 626. The highest BCUT2D eigenvalue weighted by Gasteiger charge is 2.08. The number of para-hydroxylation sites is 1. The normalized spacial score (nSPS) is 10.3. The second-order valence-electron chi connectivity index (χ2n) is 5.37. The number of unbranched alkanes of at least 4 members (excludes halogenated alkanes) is 3. The summed E-state index contributed by atoms with van der Waals surface area (Å²) in [5.74, 6) is 0.672. The van der Waals surface area contributed by atoms with Crippen LogP contribution in [0.2, 0.25) is 0 Å². The van der Waals surface area contributed by atoms with Gasteiger partial charge in [-0.1, -0.05) is 38.3 Å². The van der Waals surface area contributed by atoms with E-state index in [2.05, 4.69) is 28.2 Å². The smallest absolute Gasteiger partial charge is 0.255 e. The number of rotatable bonds is 8. The maximum atomic E-state index is 12.2. The maximum Gasteiger partial charge on any atom is 0.255 e. The number of carbonyl (C=O) groups excluding carboxylic acids is 1. The Balaban J connectivity index is 1.86. The van der Waals surface area contributed by atoms with E-state index in [0.717, 1.165) is 28.9 Å². The van der Waals surface area contributed by atoms with Gasteiger partial charge in [-0.3, -0.25) is 4.79 Å². The molecule has 0 aliphatic heterocycles. The SMILES string of the molecule is CCCCCCOc1ccc(C(=O)Nc2ccccc2Br)cc1. The second-order valence-corrected chi connectivity index (χ2v) is 6.22. The van der Waals surface area contributed by atoms with Gasteiger partial charge in [0, 0.05) is 10.0 Å². The van der Waals surface area contributed by atoms with Gasteiger partial charge in [0.1, 0.15) is 5.75 Å². The molecule has 2 aromatic carbocycles. The highest BCUT2D eigenvalue weighted by molar-refractivity contribution is 9.10. The second kappa shape index (κ2) is 9.36. The Morgan fingerprint density at radius 3 is 2.48 bits per heavy atom. The Morgan fingerprint density at radius 1 is 1.04 bits per heavy atom. The molecule has 23 heavy (non-hydrogen) atoms. The van der Waals surface area contributed by atoms with Crippen molar-refractivity contribution >= 4 is 27.5 Å². The van der Waals surface area contributed by atoms with Crippen LogP contribution in [-0.2, 0) is 0 Å². The van der Waals surface area contributed by atoms with Crippen molar-refractivity contribution in [2.24, 2.45) is 0 Å². The van der Waals surface area contributed by atoms with Crippen molar-refractivity contribution in [2.45, 2.75) is 32.6 Å².